The van der Waals surface area contributed by atoms with Crippen molar-refractivity contribution in [3.8, 4) is 16.8 Å². The largest absolute Gasteiger partial charge is 0.461 e. The lowest BCUT2D eigenvalue weighted by molar-refractivity contribution is 0.0520. The topological polar surface area (TPSA) is 44.1 Å². The molecule has 1 heterocycles. The number of carbonyl (C=O) groups is 1. The van der Waals surface area contributed by atoms with Crippen molar-refractivity contribution in [1.82, 2.24) is 9.78 Å². The van der Waals surface area contributed by atoms with E-state index in [-0.39, 0.29) is 18.0 Å². The minimum atomic E-state index is -0.645. The number of aromatic nitrogens is 2. The Hall–Kier alpha value is -3.02. The second kappa shape index (κ2) is 6.62. The van der Waals surface area contributed by atoms with Crippen LogP contribution < -0.4 is 0 Å². The number of nitrogens with zero attached hydrogens (tertiary/aromatic N) is 2. The van der Waals surface area contributed by atoms with E-state index in [9.17, 15) is 13.6 Å². The van der Waals surface area contributed by atoms with Gasteiger partial charge in [-0.1, -0.05) is 30.3 Å². The Balaban J connectivity index is 2.16. The minimum absolute atomic E-state index is 0.0479. The predicted octanol–water partition coefficient (Wildman–Crippen LogP) is 3.99. The lowest BCUT2D eigenvalue weighted by Gasteiger charge is -2.03. The first kappa shape index (κ1) is 15.9. The van der Waals surface area contributed by atoms with Crippen molar-refractivity contribution in [2.45, 2.75) is 6.92 Å². The summed E-state index contributed by atoms with van der Waals surface area (Å²) in [6.45, 7) is 1.87. The zero-order valence-corrected chi connectivity index (χ0v) is 12.9. The third-order valence-electron chi connectivity index (χ3n) is 3.42. The van der Waals surface area contributed by atoms with Gasteiger partial charge >= 0.3 is 5.97 Å². The average Bonchev–Trinajstić information content (AvgIpc) is 3.03. The van der Waals surface area contributed by atoms with Crippen molar-refractivity contribution in [3.63, 3.8) is 0 Å². The molecular weight excluding hydrogens is 314 g/mol. The molecule has 0 saturated carbocycles. The average molecular weight is 328 g/mol. The second-order valence-corrected chi connectivity index (χ2v) is 5.02. The van der Waals surface area contributed by atoms with E-state index in [1.807, 2.05) is 18.2 Å². The Morgan fingerprint density at radius 2 is 1.92 bits per heavy atom. The molecule has 0 bridgehead atoms. The molecule has 3 rings (SSSR count). The summed E-state index contributed by atoms with van der Waals surface area (Å²) in [7, 11) is 0. The lowest BCUT2D eigenvalue weighted by Crippen LogP contribution is -2.08. The number of hydrogen-bond donors (Lipinski definition) is 0. The number of esters is 1. The van der Waals surface area contributed by atoms with Gasteiger partial charge in [0.2, 0.25) is 0 Å². The van der Waals surface area contributed by atoms with Gasteiger partial charge in [0.1, 0.15) is 17.3 Å². The van der Waals surface area contributed by atoms with Crippen LogP contribution in [-0.4, -0.2) is 22.4 Å². The molecule has 2 aromatic carbocycles. The van der Waals surface area contributed by atoms with Gasteiger partial charge in [0.25, 0.3) is 0 Å². The van der Waals surface area contributed by atoms with E-state index in [1.165, 1.54) is 6.20 Å². The summed E-state index contributed by atoms with van der Waals surface area (Å²) in [6, 6.07) is 12.1. The predicted molar refractivity (Wildman–Crippen MR) is 84.9 cm³/mol. The van der Waals surface area contributed by atoms with Gasteiger partial charge in [-0.3, -0.25) is 0 Å². The molecule has 1 aromatic heterocycles. The fraction of sp³-hybridized carbons (Fsp3) is 0.111. The Morgan fingerprint density at radius 3 is 2.62 bits per heavy atom. The number of carbonyl (C=O) groups excluding carboxylic acids is 1. The van der Waals surface area contributed by atoms with Crippen molar-refractivity contribution in [2.75, 3.05) is 6.61 Å². The molecule has 0 spiro atoms. The lowest BCUT2D eigenvalue weighted by atomic mass is 10.1. The van der Waals surface area contributed by atoms with E-state index in [0.29, 0.717) is 5.56 Å². The highest BCUT2D eigenvalue weighted by Crippen LogP contribution is 2.26. The molecule has 0 fully saturated rings. The summed E-state index contributed by atoms with van der Waals surface area (Å²) in [5.74, 6) is -1.86. The van der Waals surface area contributed by atoms with E-state index in [2.05, 4.69) is 5.10 Å². The van der Waals surface area contributed by atoms with Gasteiger partial charge < -0.3 is 4.74 Å². The number of hydrogen-bond acceptors (Lipinski definition) is 3. The van der Waals surface area contributed by atoms with E-state index in [0.717, 1.165) is 28.4 Å². The zero-order chi connectivity index (χ0) is 17.1. The van der Waals surface area contributed by atoms with Crippen LogP contribution in [0.4, 0.5) is 8.78 Å². The van der Waals surface area contributed by atoms with Gasteiger partial charge in [-0.05, 0) is 24.6 Å². The second-order valence-electron chi connectivity index (χ2n) is 5.02. The molecule has 0 amide bonds. The summed E-state index contributed by atoms with van der Waals surface area (Å²) in [5.41, 5.74) is 1.18. The van der Waals surface area contributed by atoms with Gasteiger partial charge in [-0.25, -0.2) is 18.3 Å². The fourth-order valence-electron chi connectivity index (χ4n) is 2.34. The molecular formula is C18H14F2N2O2. The molecule has 0 aliphatic carbocycles. The molecule has 6 heteroatoms. The van der Waals surface area contributed by atoms with E-state index < -0.39 is 17.6 Å². The van der Waals surface area contributed by atoms with Crippen LogP contribution >= 0.6 is 0 Å². The van der Waals surface area contributed by atoms with Crippen LogP contribution in [0.2, 0.25) is 0 Å². The van der Waals surface area contributed by atoms with E-state index in [1.54, 1.807) is 19.1 Å². The van der Waals surface area contributed by atoms with Crippen molar-refractivity contribution < 1.29 is 18.3 Å². The Bertz CT molecular complexity index is 876. The maximum atomic E-state index is 14.0. The van der Waals surface area contributed by atoms with Crippen molar-refractivity contribution in [2.24, 2.45) is 0 Å². The highest BCUT2D eigenvalue weighted by molar-refractivity contribution is 5.95. The van der Waals surface area contributed by atoms with Crippen molar-refractivity contribution >= 4 is 5.97 Å². The monoisotopic (exact) mass is 328 g/mol. The highest BCUT2D eigenvalue weighted by atomic mass is 19.1. The Labute approximate surface area is 137 Å². The zero-order valence-electron chi connectivity index (χ0n) is 12.9. The number of ether oxygens (including phenoxy) is 1. The van der Waals surface area contributed by atoms with Crippen LogP contribution in [0.1, 0.15) is 17.4 Å². The van der Waals surface area contributed by atoms with Gasteiger partial charge in [0.15, 0.2) is 5.69 Å². The molecule has 0 aliphatic heterocycles. The minimum Gasteiger partial charge on any atom is -0.461 e. The van der Waals surface area contributed by atoms with Gasteiger partial charge in [-0.2, -0.15) is 5.10 Å². The summed E-state index contributed by atoms with van der Waals surface area (Å²) in [6.07, 6.45) is 1.49. The van der Waals surface area contributed by atoms with E-state index >= 15 is 0 Å². The molecule has 0 saturated heterocycles. The van der Waals surface area contributed by atoms with Crippen LogP contribution in [0, 0.1) is 11.6 Å². The molecule has 3 aromatic rings. The molecule has 122 valence electrons. The first-order valence-electron chi connectivity index (χ1n) is 7.37. The highest BCUT2D eigenvalue weighted by Gasteiger charge is 2.21. The first-order chi connectivity index (χ1) is 11.6. The molecule has 0 unspecified atom stereocenters. The molecule has 24 heavy (non-hydrogen) atoms. The van der Waals surface area contributed by atoms with E-state index in [4.69, 9.17) is 4.74 Å². The third-order valence-corrected chi connectivity index (χ3v) is 3.42. The fourth-order valence-corrected chi connectivity index (χ4v) is 2.34. The standard InChI is InChI=1S/C18H14F2N2O2/c1-2-24-18(23)17-14(12-6-4-3-5-7-12)11-22(21-17)16-10-13(19)8-9-15(16)20/h3-11H,2H2,1H3. The van der Waals surface area contributed by atoms with Crippen molar-refractivity contribution in [1.29, 1.82) is 0 Å². The number of rotatable bonds is 4. The number of benzene rings is 2. The molecule has 0 aliphatic rings. The molecule has 0 radical (unpaired) electrons. The van der Waals surface area contributed by atoms with Crippen LogP contribution in [-0.2, 0) is 4.74 Å². The quantitative estimate of drug-likeness (QED) is 0.680. The van der Waals surface area contributed by atoms with Crippen LogP contribution in [0.3, 0.4) is 0 Å². The SMILES string of the molecule is CCOC(=O)c1nn(-c2cc(F)ccc2F)cc1-c1ccccc1. The summed E-state index contributed by atoms with van der Waals surface area (Å²) in [4.78, 5) is 12.2. The van der Waals surface area contributed by atoms with Crippen molar-refractivity contribution in [3.05, 3.63) is 72.1 Å². The smallest absolute Gasteiger partial charge is 0.359 e. The molecule has 0 N–H and O–H groups in total. The summed E-state index contributed by atoms with van der Waals surface area (Å²) >= 11 is 0. The first-order valence-corrected chi connectivity index (χ1v) is 7.37. The molecule has 0 atom stereocenters. The maximum absolute atomic E-state index is 14.0. The Kier molecular flexibility index (Phi) is 4.37. The van der Waals surface area contributed by atoms with Crippen LogP contribution in [0.15, 0.2) is 54.7 Å². The Morgan fingerprint density at radius 1 is 1.17 bits per heavy atom. The summed E-state index contributed by atoms with van der Waals surface area (Å²) in [5, 5.41) is 4.11. The number of halogens is 2. The van der Waals surface area contributed by atoms with Crippen LogP contribution in [0.5, 0.6) is 0 Å². The summed E-state index contributed by atoms with van der Waals surface area (Å²) < 4.78 is 33.6. The molecule has 4 nitrogen and oxygen atoms in total. The van der Waals surface area contributed by atoms with Gasteiger partial charge in [0, 0.05) is 17.8 Å². The van der Waals surface area contributed by atoms with Gasteiger partial charge in [-0.15, -0.1) is 0 Å². The van der Waals surface area contributed by atoms with Gasteiger partial charge in [0.05, 0.1) is 6.61 Å². The third kappa shape index (κ3) is 3.03. The normalized spacial score (nSPS) is 10.6. The van der Waals surface area contributed by atoms with Crippen LogP contribution in [0.25, 0.3) is 16.8 Å². The maximum Gasteiger partial charge on any atom is 0.359 e.